The summed E-state index contributed by atoms with van der Waals surface area (Å²) < 4.78 is 10.7. The van der Waals surface area contributed by atoms with Gasteiger partial charge in [-0.3, -0.25) is 0 Å². The Kier molecular flexibility index (Phi) is 6.53. The van der Waals surface area contributed by atoms with Gasteiger partial charge in [0, 0.05) is 18.3 Å². The van der Waals surface area contributed by atoms with Crippen LogP contribution in [0.4, 0.5) is 0 Å². The summed E-state index contributed by atoms with van der Waals surface area (Å²) >= 11 is 0. The lowest BCUT2D eigenvalue weighted by molar-refractivity contribution is 0.120. The molecule has 1 heterocycles. The van der Waals surface area contributed by atoms with Gasteiger partial charge in [0.1, 0.15) is 0 Å². The minimum atomic E-state index is 0.546. The Morgan fingerprint density at radius 2 is 2.25 bits per heavy atom. The van der Waals surface area contributed by atoms with Gasteiger partial charge in [0.15, 0.2) is 0 Å². The zero-order valence-corrected chi connectivity index (χ0v) is 10.0. The number of hydrogen-bond donors (Lipinski definition) is 1. The third kappa shape index (κ3) is 4.59. The summed E-state index contributed by atoms with van der Waals surface area (Å²) in [5.41, 5.74) is 0.987. The summed E-state index contributed by atoms with van der Waals surface area (Å²) in [5, 5.41) is 3.28. The Balaban J connectivity index is 2.21. The minimum absolute atomic E-state index is 0.546. The second kappa shape index (κ2) is 8.07. The first kappa shape index (κ1) is 12.9. The topological polar surface area (TPSA) is 43.4 Å². The molecule has 1 rings (SSSR count). The van der Waals surface area contributed by atoms with Crippen LogP contribution in [0.25, 0.3) is 0 Å². The van der Waals surface area contributed by atoms with Gasteiger partial charge in [-0.1, -0.05) is 6.92 Å². The van der Waals surface area contributed by atoms with Crippen molar-refractivity contribution >= 4 is 0 Å². The van der Waals surface area contributed by atoms with E-state index >= 15 is 0 Å². The van der Waals surface area contributed by atoms with Gasteiger partial charge in [-0.15, -0.1) is 0 Å². The summed E-state index contributed by atoms with van der Waals surface area (Å²) in [7, 11) is 1.62. The van der Waals surface area contributed by atoms with Crippen molar-refractivity contribution in [3.63, 3.8) is 0 Å². The minimum Gasteiger partial charge on any atom is -0.481 e. The number of rotatable bonds is 8. The van der Waals surface area contributed by atoms with Crippen LogP contribution >= 0.6 is 0 Å². The standard InChI is InChI=1S/C12H20N2O2/c1-3-6-13-8-9-16-10-11-5-4-7-14-12(11)15-2/h4-5,7,13H,3,6,8-10H2,1-2H3. The number of pyridine rings is 1. The first-order valence-electron chi connectivity index (χ1n) is 5.64. The zero-order valence-electron chi connectivity index (χ0n) is 10.0. The number of methoxy groups -OCH3 is 1. The fraction of sp³-hybridized carbons (Fsp3) is 0.583. The van der Waals surface area contributed by atoms with E-state index in [9.17, 15) is 0 Å². The number of nitrogens with zero attached hydrogens (tertiary/aromatic N) is 1. The van der Waals surface area contributed by atoms with E-state index in [-0.39, 0.29) is 0 Å². The normalized spacial score (nSPS) is 10.4. The van der Waals surface area contributed by atoms with Crippen molar-refractivity contribution in [3.8, 4) is 5.88 Å². The molecular formula is C12H20N2O2. The number of aromatic nitrogens is 1. The lowest BCUT2D eigenvalue weighted by Crippen LogP contribution is -2.20. The van der Waals surface area contributed by atoms with E-state index in [1.165, 1.54) is 0 Å². The Morgan fingerprint density at radius 3 is 3.00 bits per heavy atom. The number of nitrogens with one attached hydrogen (secondary N) is 1. The molecule has 1 aromatic heterocycles. The first-order chi connectivity index (χ1) is 7.88. The molecule has 16 heavy (non-hydrogen) atoms. The Morgan fingerprint density at radius 1 is 1.38 bits per heavy atom. The Labute approximate surface area is 97.0 Å². The molecule has 4 nitrogen and oxygen atoms in total. The smallest absolute Gasteiger partial charge is 0.218 e. The fourth-order valence-electron chi connectivity index (χ4n) is 1.35. The summed E-state index contributed by atoms with van der Waals surface area (Å²) in [6.45, 7) is 5.33. The zero-order chi connectivity index (χ0) is 11.6. The van der Waals surface area contributed by atoms with Gasteiger partial charge in [0.25, 0.3) is 0 Å². The highest BCUT2D eigenvalue weighted by Gasteiger charge is 2.02. The lowest BCUT2D eigenvalue weighted by atomic mass is 10.3. The first-order valence-corrected chi connectivity index (χ1v) is 5.64. The second-order valence-corrected chi connectivity index (χ2v) is 3.47. The molecule has 1 aromatic rings. The maximum absolute atomic E-state index is 5.53. The summed E-state index contributed by atoms with van der Waals surface area (Å²) in [5.74, 6) is 0.643. The summed E-state index contributed by atoms with van der Waals surface area (Å²) in [6.07, 6.45) is 2.86. The van der Waals surface area contributed by atoms with Crippen LogP contribution in [0.15, 0.2) is 18.3 Å². The van der Waals surface area contributed by atoms with E-state index in [1.807, 2.05) is 12.1 Å². The molecule has 0 bridgehead atoms. The Hall–Kier alpha value is -1.13. The van der Waals surface area contributed by atoms with Gasteiger partial charge in [-0.25, -0.2) is 4.98 Å². The van der Waals surface area contributed by atoms with Gasteiger partial charge in [-0.2, -0.15) is 0 Å². The van der Waals surface area contributed by atoms with Gasteiger partial charge >= 0.3 is 0 Å². The fourth-order valence-corrected chi connectivity index (χ4v) is 1.35. The third-order valence-corrected chi connectivity index (χ3v) is 2.15. The van der Waals surface area contributed by atoms with Gasteiger partial charge in [0.05, 0.1) is 20.3 Å². The van der Waals surface area contributed by atoms with Crippen molar-refractivity contribution in [2.45, 2.75) is 20.0 Å². The maximum atomic E-state index is 5.53. The quantitative estimate of drug-likeness (QED) is 0.681. The summed E-state index contributed by atoms with van der Waals surface area (Å²) in [4.78, 5) is 4.11. The lowest BCUT2D eigenvalue weighted by Gasteiger charge is -2.08. The van der Waals surface area contributed by atoms with E-state index in [0.717, 1.165) is 25.1 Å². The highest BCUT2D eigenvalue weighted by atomic mass is 16.5. The molecule has 90 valence electrons. The van der Waals surface area contributed by atoms with Gasteiger partial charge in [-0.05, 0) is 25.1 Å². The molecule has 0 saturated heterocycles. The largest absolute Gasteiger partial charge is 0.481 e. The second-order valence-electron chi connectivity index (χ2n) is 3.47. The van der Waals surface area contributed by atoms with Crippen LogP contribution < -0.4 is 10.1 Å². The molecule has 0 atom stereocenters. The molecule has 0 aliphatic rings. The van der Waals surface area contributed by atoms with Crippen LogP contribution in [0.3, 0.4) is 0 Å². The number of hydrogen-bond acceptors (Lipinski definition) is 4. The molecular weight excluding hydrogens is 204 g/mol. The molecule has 0 aliphatic heterocycles. The highest BCUT2D eigenvalue weighted by molar-refractivity contribution is 5.24. The van der Waals surface area contributed by atoms with E-state index in [4.69, 9.17) is 9.47 Å². The molecule has 1 N–H and O–H groups in total. The van der Waals surface area contributed by atoms with Crippen LogP contribution in [0, 0.1) is 0 Å². The average molecular weight is 224 g/mol. The molecule has 0 saturated carbocycles. The van der Waals surface area contributed by atoms with Gasteiger partial charge < -0.3 is 14.8 Å². The van der Waals surface area contributed by atoms with Crippen LogP contribution in [0.5, 0.6) is 5.88 Å². The van der Waals surface area contributed by atoms with Crippen molar-refractivity contribution < 1.29 is 9.47 Å². The van der Waals surface area contributed by atoms with E-state index < -0.39 is 0 Å². The van der Waals surface area contributed by atoms with Crippen molar-refractivity contribution in [3.05, 3.63) is 23.9 Å². The van der Waals surface area contributed by atoms with Crippen LogP contribution in [0.2, 0.25) is 0 Å². The van der Waals surface area contributed by atoms with Crippen molar-refractivity contribution in [1.29, 1.82) is 0 Å². The van der Waals surface area contributed by atoms with Crippen molar-refractivity contribution in [2.75, 3.05) is 26.8 Å². The highest BCUT2D eigenvalue weighted by Crippen LogP contribution is 2.14. The molecule has 0 aliphatic carbocycles. The molecule has 0 radical (unpaired) electrons. The molecule has 4 heteroatoms. The summed E-state index contributed by atoms with van der Waals surface area (Å²) in [6, 6.07) is 3.85. The average Bonchev–Trinajstić information content (AvgIpc) is 2.34. The van der Waals surface area contributed by atoms with Crippen molar-refractivity contribution in [1.82, 2.24) is 10.3 Å². The van der Waals surface area contributed by atoms with Gasteiger partial charge in [0.2, 0.25) is 5.88 Å². The molecule has 0 amide bonds. The van der Waals surface area contributed by atoms with E-state index in [2.05, 4.69) is 17.2 Å². The van der Waals surface area contributed by atoms with Crippen LogP contribution in [-0.4, -0.2) is 31.8 Å². The van der Waals surface area contributed by atoms with Crippen LogP contribution in [0.1, 0.15) is 18.9 Å². The van der Waals surface area contributed by atoms with Crippen LogP contribution in [-0.2, 0) is 11.3 Å². The van der Waals surface area contributed by atoms with E-state index in [1.54, 1.807) is 13.3 Å². The molecule has 0 aromatic carbocycles. The SMILES string of the molecule is CCCNCCOCc1cccnc1OC. The monoisotopic (exact) mass is 224 g/mol. The molecule has 0 spiro atoms. The van der Waals surface area contributed by atoms with E-state index in [0.29, 0.717) is 19.1 Å². The molecule has 0 unspecified atom stereocenters. The predicted molar refractivity (Wildman–Crippen MR) is 63.6 cm³/mol. The third-order valence-electron chi connectivity index (χ3n) is 2.15. The number of ether oxygens (including phenoxy) is 2. The Bertz CT molecular complexity index is 292. The molecule has 0 fully saturated rings. The predicted octanol–water partition coefficient (Wildman–Crippen LogP) is 1.61. The maximum Gasteiger partial charge on any atom is 0.218 e. The van der Waals surface area contributed by atoms with Crippen molar-refractivity contribution in [2.24, 2.45) is 0 Å².